The van der Waals surface area contributed by atoms with Crippen LogP contribution in [0.5, 0.6) is 0 Å². The Labute approximate surface area is 181 Å². The van der Waals surface area contributed by atoms with E-state index in [-0.39, 0.29) is 11.8 Å². The summed E-state index contributed by atoms with van der Waals surface area (Å²) < 4.78 is 0.718. The molecular formula is C20H22BrN5O2S. The number of fused-ring (bicyclic) bond motifs is 2. The number of amides is 2. The first-order valence-electron chi connectivity index (χ1n) is 9.94. The third-order valence-corrected chi connectivity index (χ3v) is 8.00. The number of hydrogen-bond donors (Lipinski definition) is 1. The topological polar surface area (TPSA) is 78.4 Å². The molecule has 3 aliphatic rings. The fraction of sp³-hybridized carbons (Fsp3) is 0.500. The fourth-order valence-corrected chi connectivity index (χ4v) is 6.23. The normalized spacial score (nSPS) is 25.9. The van der Waals surface area contributed by atoms with Crippen LogP contribution in [0.15, 0.2) is 22.8 Å². The van der Waals surface area contributed by atoms with Crippen molar-refractivity contribution in [1.82, 2.24) is 15.1 Å². The SMILES string of the molecule is CN1C(=O)CCc2sc(C(=O)N3C[C@@H]4CC[C@@H](Nc5ccc(Br)nn5)[C@@H]4C3)cc21. The van der Waals surface area contributed by atoms with Crippen molar-refractivity contribution in [3.63, 3.8) is 0 Å². The Kier molecular flexibility index (Phi) is 4.82. The minimum Gasteiger partial charge on any atom is -0.365 e. The Morgan fingerprint density at radius 2 is 2.10 bits per heavy atom. The summed E-state index contributed by atoms with van der Waals surface area (Å²) in [5.41, 5.74) is 0.905. The van der Waals surface area contributed by atoms with Crippen molar-refractivity contribution in [2.24, 2.45) is 11.8 Å². The smallest absolute Gasteiger partial charge is 0.264 e. The van der Waals surface area contributed by atoms with Crippen LogP contribution in [0.25, 0.3) is 0 Å². The number of thiophene rings is 1. The zero-order valence-electron chi connectivity index (χ0n) is 16.1. The highest BCUT2D eigenvalue weighted by molar-refractivity contribution is 9.10. The van der Waals surface area contributed by atoms with Gasteiger partial charge < -0.3 is 15.1 Å². The van der Waals surface area contributed by atoms with Gasteiger partial charge in [-0.2, -0.15) is 0 Å². The summed E-state index contributed by atoms with van der Waals surface area (Å²) in [5.74, 6) is 1.96. The van der Waals surface area contributed by atoms with Crippen LogP contribution in [-0.4, -0.2) is 53.1 Å². The summed E-state index contributed by atoms with van der Waals surface area (Å²) in [5, 5.41) is 11.8. The van der Waals surface area contributed by atoms with Gasteiger partial charge in [0, 0.05) is 43.4 Å². The van der Waals surface area contributed by atoms with Crippen LogP contribution in [0.3, 0.4) is 0 Å². The van der Waals surface area contributed by atoms with Gasteiger partial charge in [0.1, 0.15) is 10.4 Å². The van der Waals surface area contributed by atoms with E-state index in [1.165, 1.54) is 0 Å². The Morgan fingerprint density at radius 1 is 1.24 bits per heavy atom. The van der Waals surface area contributed by atoms with E-state index in [0.717, 1.165) is 58.2 Å². The lowest BCUT2D eigenvalue weighted by atomic mass is 9.98. The number of likely N-dealkylation sites (tertiary alicyclic amines) is 1. The predicted molar refractivity (Wildman–Crippen MR) is 115 cm³/mol. The molecular weight excluding hydrogens is 454 g/mol. The number of carbonyl (C=O) groups excluding carboxylic acids is 2. The summed E-state index contributed by atoms with van der Waals surface area (Å²) in [6, 6.07) is 6.03. The van der Waals surface area contributed by atoms with E-state index in [4.69, 9.17) is 0 Å². The monoisotopic (exact) mass is 475 g/mol. The van der Waals surface area contributed by atoms with E-state index in [0.29, 0.717) is 24.3 Å². The second-order valence-electron chi connectivity index (χ2n) is 8.08. The van der Waals surface area contributed by atoms with Gasteiger partial charge in [-0.15, -0.1) is 21.5 Å². The molecule has 152 valence electrons. The first kappa shape index (κ1) is 19.0. The molecule has 29 heavy (non-hydrogen) atoms. The largest absolute Gasteiger partial charge is 0.365 e. The Balaban J connectivity index is 1.28. The average molecular weight is 476 g/mol. The first-order chi connectivity index (χ1) is 14.0. The van der Waals surface area contributed by atoms with E-state index in [1.807, 2.05) is 23.1 Å². The molecule has 2 aliphatic heterocycles. The van der Waals surface area contributed by atoms with Crippen molar-refractivity contribution in [1.29, 1.82) is 0 Å². The van der Waals surface area contributed by atoms with Gasteiger partial charge in [-0.05, 0) is 59.3 Å². The summed E-state index contributed by atoms with van der Waals surface area (Å²) in [6.45, 7) is 1.58. The minimum absolute atomic E-state index is 0.0989. The maximum Gasteiger partial charge on any atom is 0.264 e. The highest BCUT2D eigenvalue weighted by Crippen LogP contribution is 2.41. The molecule has 2 amide bonds. The van der Waals surface area contributed by atoms with Crippen molar-refractivity contribution in [3.8, 4) is 0 Å². The van der Waals surface area contributed by atoms with Gasteiger partial charge in [0.25, 0.3) is 5.91 Å². The second kappa shape index (κ2) is 7.36. The molecule has 0 radical (unpaired) electrons. The maximum atomic E-state index is 13.2. The number of anilines is 2. The molecule has 1 N–H and O–H groups in total. The van der Waals surface area contributed by atoms with Gasteiger partial charge in [0.05, 0.1) is 10.6 Å². The van der Waals surface area contributed by atoms with Crippen LogP contribution in [0.4, 0.5) is 11.5 Å². The number of halogens is 1. The number of rotatable bonds is 3. The third-order valence-electron chi connectivity index (χ3n) is 6.41. The average Bonchev–Trinajstić information content (AvgIpc) is 3.41. The third kappa shape index (κ3) is 3.44. The number of nitrogens with one attached hydrogen (secondary N) is 1. The van der Waals surface area contributed by atoms with Gasteiger partial charge in [-0.3, -0.25) is 9.59 Å². The van der Waals surface area contributed by atoms with Crippen molar-refractivity contribution in [2.45, 2.75) is 31.7 Å². The number of aromatic nitrogens is 2. The molecule has 2 fully saturated rings. The number of nitrogens with zero attached hydrogens (tertiary/aromatic N) is 4. The predicted octanol–water partition coefficient (Wildman–Crippen LogP) is 3.17. The number of hydrogen-bond acceptors (Lipinski definition) is 6. The van der Waals surface area contributed by atoms with Gasteiger partial charge in [0.15, 0.2) is 0 Å². The Morgan fingerprint density at radius 3 is 2.90 bits per heavy atom. The summed E-state index contributed by atoms with van der Waals surface area (Å²) in [4.78, 5) is 30.7. The van der Waals surface area contributed by atoms with Crippen LogP contribution in [-0.2, 0) is 11.2 Å². The molecule has 0 spiro atoms. The zero-order valence-corrected chi connectivity index (χ0v) is 18.5. The van der Waals surface area contributed by atoms with E-state index < -0.39 is 0 Å². The molecule has 0 unspecified atom stereocenters. The number of carbonyl (C=O) groups is 2. The fourth-order valence-electron chi connectivity index (χ4n) is 4.86. The highest BCUT2D eigenvalue weighted by atomic mass is 79.9. The van der Waals surface area contributed by atoms with Crippen molar-refractivity contribution >= 4 is 50.6 Å². The van der Waals surface area contributed by atoms with Crippen molar-refractivity contribution in [2.75, 3.05) is 30.4 Å². The molecule has 3 atom stereocenters. The quantitative estimate of drug-likeness (QED) is 0.737. The molecule has 1 saturated carbocycles. The lowest BCUT2D eigenvalue weighted by Gasteiger charge is -2.22. The first-order valence-corrected chi connectivity index (χ1v) is 11.5. The van der Waals surface area contributed by atoms with Crippen LogP contribution in [0.1, 0.15) is 33.8 Å². The van der Waals surface area contributed by atoms with E-state index in [2.05, 4.69) is 31.4 Å². The van der Waals surface area contributed by atoms with Crippen LogP contribution < -0.4 is 10.2 Å². The Hall–Kier alpha value is -2.00. The molecule has 2 aromatic heterocycles. The molecule has 2 aromatic rings. The standard InChI is InChI=1S/C20H22BrN5O2S/c1-25-14-8-16(29-15(14)4-7-19(25)27)20(28)26-9-11-2-3-13(12(11)10-26)22-18-6-5-17(21)23-24-18/h5-6,8,11-13H,2-4,7,9-10H2,1H3,(H,22,24)/t11-,12+,13+/m0/s1. The number of aryl methyl sites for hydroxylation is 1. The van der Waals surface area contributed by atoms with Crippen LogP contribution in [0.2, 0.25) is 0 Å². The molecule has 9 heteroatoms. The van der Waals surface area contributed by atoms with E-state index in [1.54, 1.807) is 23.3 Å². The summed E-state index contributed by atoms with van der Waals surface area (Å²) in [7, 11) is 1.79. The molecule has 0 bridgehead atoms. The molecule has 4 heterocycles. The molecule has 1 aliphatic carbocycles. The van der Waals surface area contributed by atoms with Gasteiger partial charge >= 0.3 is 0 Å². The molecule has 5 rings (SSSR count). The highest BCUT2D eigenvalue weighted by Gasteiger charge is 2.44. The summed E-state index contributed by atoms with van der Waals surface area (Å²) >= 11 is 4.86. The van der Waals surface area contributed by atoms with E-state index >= 15 is 0 Å². The van der Waals surface area contributed by atoms with Crippen LogP contribution in [0, 0.1) is 11.8 Å². The molecule has 7 nitrogen and oxygen atoms in total. The summed E-state index contributed by atoms with van der Waals surface area (Å²) in [6.07, 6.45) is 3.48. The van der Waals surface area contributed by atoms with Crippen molar-refractivity contribution < 1.29 is 9.59 Å². The van der Waals surface area contributed by atoms with Gasteiger partial charge in [-0.1, -0.05) is 0 Å². The van der Waals surface area contributed by atoms with Gasteiger partial charge in [0.2, 0.25) is 5.91 Å². The van der Waals surface area contributed by atoms with Crippen molar-refractivity contribution in [3.05, 3.63) is 32.6 Å². The van der Waals surface area contributed by atoms with Gasteiger partial charge in [-0.25, -0.2) is 0 Å². The van der Waals surface area contributed by atoms with Crippen LogP contribution >= 0.6 is 27.3 Å². The zero-order chi connectivity index (χ0) is 20.1. The maximum absolute atomic E-state index is 13.2. The Bertz CT molecular complexity index is 962. The minimum atomic E-state index is 0.0989. The van der Waals surface area contributed by atoms with E-state index in [9.17, 15) is 9.59 Å². The lowest BCUT2D eigenvalue weighted by Crippen LogP contribution is -2.33. The lowest BCUT2D eigenvalue weighted by molar-refractivity contribution is -0.118. The molecule has 1 saturated heterocycles. The second-order valence-corrected chi connectivity index (χ2v) is 10.0. The molecule has 0 aromatic carbocycles.